The third-order valence-corrected chi connectivity index (χ3v) is 9.17. The van der Waals surface area contributed by atoms with E-state index in [1.54, 1.807) is 0 Å². The number of hydrogen-bond donors (Lipinski definition) is 3. The normalized spacial score (nSPS) is 36.4. The molecule has 0 saturated carbocycles. The predicted molar refractivity (Wildman–Crippen MR) is 137 cm³/mol. The van der Waals surface area contributed by atoms with Crippen molar-refractivity contribution in [2.45, 2.75) is 87.7 Å². The van der Waals surface area contributed by atoms with Crippen LogP contribution in [0, 0.1) is 5.41 Å². The van der Waals surface area contributed by atoms with Crippen LogP contribution in [0.1, 0.15) is 63.9 Å². The van der Waals surface area contributed by atoms with Crippen molar-refractivity contribution in [3.63, 3.8) is 0 Å². The van der Waals surface area contributed by atoms with E-state index in [0.29, 0.717) is 19.3 Å². The summed E-state index contributed by atoms with van der Waals surface area (Å²) in [6, 6.07) is 10.3. The molecule has 4 rings (SSSR count). The fourth-order valence-electron chi connectivity index (χ4n) is 6.62. The average Bonchev–Trinajstić information content (AvgIpc) is 2.91. The summed E-state index contributed by atoms with van der Waals surface area (Å²) in [5.41, 5.74) is -0.833. The summed E-state index contributed by atoms with van der Waals surface area (Å²) >= 11 is 0. The lowest BCUT2D eigenvalue weighted by Crippen LogP contribution is -2.61. The minimum Gasteiger partial charge on any atom is -0.388 e. The maximum Gasteiger partial charge on any atom is 0.226 e. The summed E-state index contributed by atoms with van der Waals surface area (Å²) < 4.78 is 6.76. The molecule has 3 aliphatic heterocycles. The number of aliphatic hydroxyl groups is 2. The highest BCUT2D eigenvalue weighted by Gasteiger charge is 2.57. The number of aliphatic hydroxyl groups excluding tert-OH is 2. The number of carbonyl (C=O) groups is 1. The minimum absolute atomic E-state index is 0.0130. The standard InChI is InChI=1S/C28H45N3O4/c1-26(13-15-31(5)16-14-26)25(34)29-19-23(32)28-12-11-22(30(3)4)24(33)27(2,35-28)17-21(18-28)20-9-7-6-8-10-20/h6-10,21-24,32-33H,11-19H2,1-5H3,(H,29,34)/t21-,22-,23-,24+,27+,28+/m1/s1. The van der Waals surface area contributed by atoms with E-state index in [1.165, 1.54) is 5.56 Å². The van der Waals surface area contributed by atoms with E-state index < -0.39 is 28.8 Å². The molecule has 6 atom stereocenters. The zero-order valence-electron chi connectivity index (χ0n) is 22.2. The number of benzene rings is 1. The molecule has 2 bridgehead atoms. The van der Waals surface area contributed by atoms with Gasteiger partial charge in [-0.3, -0.25) is 4.79 Å². The van der Waals surface area contributed by atoms with E-state index in [-0.39, 0.29) is 24.4 Å². The largest absolute Gasteiger partial charge is 0.388 e. The molecule has 0 aromatic heterocycles. The first kappa shape index (κ1) is 26.6. The third-order valence-electron chi connectivity index (χ3n) is 9.17. The van der Waals surface area contributed by atoms with Gasteiger partial charge in [-0.05, 0) is 91.2 Å². The minimum atomic E-state index is -0.861. The number of piperidine rings is 1. The van der Waals surface area contributed by atoms with Crippen molar-refractivity contribution in [2.24, 2.45) is 5.41 Å². The van der Waals surface area contributed by atoms with Gasteiger partial charge in [0.25, 0.3) is 0 Å². The zero-order chi connectivity index (χ0) is 25.4. The van der Waals surface area contributed by atoms with Crippen molar-refractivity contribution >= 4 is 5.91 Å². The van der Waals surface area contributed by atoms with Crippen molar-refractivity contribution in [3.8, 4) is 0 Å². The second-order valence-electron chi connectivity index (χ2n) is 12.1. The summed E-state index contributed by atoms with van der Waals surface area (Å²) in [6.45, 7) is 5.99. The number of amides is 1. The second-order valence-corrected chi connectivity index (χ2v) is 12.1. The van der Waals surface area contributed by atoms with Gasteiger partial charge in [-0.2, -0.15) is 0 Å². The molecule has 0 aliphatic carbocycles. The van der Waals surface area contributed by atoms with E-state index in [1.807, 2.05) is 46.1 Å². The Balaban J connectivity index is 1.57. The van der Waals surface area contributed by atoms with Crippen molar-refractivity contribution in [1.29, 1.82) is 0 Å². The van der Waals surface area contributed by atoms with Gasteiger partial charge in [0.15, 0.2) is 0 Å². The first-order valence-electron chi connectivity index (χ1n) is 13.2. The first-order chi connectivity index (χ1) is 16.5. The molecule has 3 fully saturated rings. The molecular weight excluding hydrogens is 442 g/mol. The van der Waals surface area contributed by atoms with Gasteiger partial charge in [0.2, 0.25) is 5.91 Å². The fourth-order valence-corrected chi connectivity index (χ4v) is 6.62. The maximum absolute atomic E-state index is 13.2. The Morgan fingerprint density at radius 2 is 1.83 bits per heavy atom. The number of likely N-dealkylation sites (N-methyl/N-ethyl adjacent to an activating group) is 1. The molecule has 1 aromatic carbocycles. The summed E-state index contributed by atoms with van der Waals surface area (Å²) in [5, 5.41) is 26.2. The Morgan fingerprint density at radius 1 is 1.17 bits per heavy atom. The van der Waals surface area contributed by atoms with Crippen LogP contribution in [0.4, 0.5) is 0 Å². The number of nitrogens with one attached hydrogen (secondary N) is 1. The second kappa shape index (κ2) is 10.1. The fraction of sp³-hybridized carbons (Fsp3) is 0.750. The molecule has 0 spiro atoms. The summed E-state index contributed by atoms with van der Waals surface area (Å²) in [7, 11) is 6.07. The van der Waals surface area contributed by atoms with Gasteiger partial charge in [-0.15, -0.1) is 0 Å². The van der Waals surface area contributed by atoms with Gasteiger partial charge in [0.05, 0.1) is 17.3 Å². The molecule has 196 valence electrons. The smallest absolute Gasteiger partial charge is 0.226 e. The van der Waals surface area contributed by atoms with E-state index in [2.05, 4.69) is 34.3 Å². The molecule has 3 heterocycles. The number of carbonyl (C=O) groups excluding carboxylic acids is 1. The molecule has 3 N–H and O–H groups in total. The van der Waals surface area contributed by atoms with Crippen LogP contribution in [0.5, 0.6) is 0 Å². The third kappa shape index (κ3) is 5.30. The Morgan fingerprint density at radius 3 is 2.46 bits per heavy atom. The molecule has 35 heavy (non-hydrogen) atoms. The van der Waals surface area contributed by atoms with Crippen molar-refractivity contribution in [2.75, 3.05) is 40.8 Å². The molecule has 1 aromatic rings. The van der Waals surface area contributed by atoms with Crippen LogP contribution < -0.4 is 5.32 Å². The lowest BCUT2D eigenvalue weighted by molar-refractivity contribution is -0.250. The quantitative estimate of drug-likeness (QED) is 0.571. The lowest BCUT2D eigenvalue weighted by Gasteiger charge is -2.52. The average molecular weight is 488 g/mol. The Kier molecular flexibility index (Phi) is 7.66. The molecule has 3 saturated heterocycles. The number of fused-ring (bicyclic) bond motifs is 2. The van der Waals surface area contributed by atoms with Gasteiger partial charge in [-0.1, -0.05) is 37.3 Å². The van der Waals surface area contributed by atoms with Crippen LogP contribution in [0.2, 0.25) is 0 Å². The Labute approximate surface area is 210 Å². The van der Waals surface area contributed by atoms with Crippen LogP contribution >= 0.6 is 0 Å². The van der Waals surface area contributed by atoms with E-state index in [0.717, 1.165) is 32.4 Å². The van der Waals surface area contributed by atoms with Gasteiger partial charge >= 0.3 is 0 Å². The van der Waals surface area contributed by atoms with Crippen LogP contribution in [-0.4, -0.2) is 96.1 Å². The Hall–Kier alpha value is -1.51. The first-order valence-corrected chi connectivity index (χ1v) is 13.2. The highest BCUT2D eigenvalue weighted by molar-refractivity contribution is 5.82. The lowest BCUT2D eigenvalue weighted by atomic mass is 9.72. The highest BCUT2D eigenvalue weighted by Crippen LogP contribution is 2.51. The van der Waals surface area contributed by atoms with Crippen LogP contribution in [0.25, 0.3) is 0 Å². The summed E-state index contributed by atoms with van der Waals surface area (Å²) in [4.78, 5) is 17.5. The SMILES string of the molecule is CN1CCC(C)(C(=O)NC[C@@H](O)[C@]23CC[C@@H](N(C)C)[C@H](O)[C@](C)(C[C@@H](c4ccccc4)C2)O3)CC1. The van der Waals surface area contributed by atoms with Gasteiger partial charge in [-0.25, -0.2) is 0 Å². The summed E-state index contributed by atoms with van der Waals surface area (Å²) in [5.74, 6) is 0.168. The molecule has 3 aliphatic rings. The topological polar surface area (TPSA) is 85.3 Å². The number of ether oxygens (including phenoxy) is 1. The van der Waals surface area contributed by atoms with E-state index >= 15 is 0 Å². The molecule has 0 unspecified atom stereocenters. The van der Waals surface area contributed by atoms with Crippen molar-refractivity contribution in [1.82, 2.24) is 15.1 Å². The van der Waals surface area contributed by atoms with E-state index in [4.69, 9.17) is 4.74 Å². The Bertz CT molecular complexity index is 872. The van der Waals surface area contributed by atoms with Crippen LogP contribution in [0.15, 0.2) is 30.3 Å². The molecule has 0 radical (unpaired) electrons. The number of rotatable bonds is 6. The van der Waals surface area contributed by atoms with E-state index in [9.17, 15) is 15.0 Å². The number of hydrogen-bond acceptors (Lipinski definition) is 6. The monoisotopic (exact) mass is 487 g/mol. The van der Waals surface area contributed by atoms with Gasteiger partial charge in [0, 0.05) is 18.0 Å². The molecule has 7 heteroatoms. The number of likely N-dealkylation sites (tertiary alicyclic amines) is 1. The zero-order valence-corrected chi connectivity index (χ0v) is 22.2. The van der Waals surface area contributed by atoms with Crippen molar-refractivity contribution in [3.05, 3.63) is 35.9 Å². The maximum atomic E-state index is 13.2. The molecule has 1 amide bonds. The molecule has 7 nitrogen and oxygen atoms in total. The van der Waals surface area contributed by atoms with Gasteiger partial charge in [0.1, 0.15) is 6.10 Å². The predicted octanol–water partition coefficient (Wildman–Crippen LogP) is 2.37. The van der Waals surface area contributed by atoms with Crippen molar-refractivity contribution < 1.29 is 19.7 Å². The van der Waals surface area contributed by atoms with Gasteiger partial charge < -0.3 is 30.1 Å². The van der Waals surface area contributed by atoms with Crippen LogP contribution in [0.3, 0.4) is 0 Å². The summed E-state index contributed by atoms with van der Waals surface area (Å²) in [6.07, 6.45) is 2.81. The highest BCUT2D eigenvalue weighted by atomic mass is 16.6. The molecular formula is C28H45N3O4. The van der Waals surface area contributed by atoms with Crippen LogP contribution in [-0.2, 0) is 9.53 Å². The number of nitrogens with zero attached hydrogens (tertiary/aromatic N) is 2.